The van der Waals surface area contributed by atoms with Gasteiger partial charge in [-0.2, -0.15) is 0 Å². The Kier molecular flexibility index (Phi) is 4.66. The zero-order valence-electron chi connectivity index (χ0n) is 13.0. The normalized spacial score (nSPS) is 21.8. The van der Waals surface area contributed by atoms with Crippen molar-refractivity contribution in [3.05, 3.63) is 16.6 Å². The van der Waals surface area contributed by atoms with Crippen LogP contribution in [0.3, 0.4) is 0 Å². The van der Waals surface area contributed by atoms with Crippen LogP contribution in [0.5, 0.6) is 0 Å². The lowest BCUT2D eigenvalue weighted by Crippen LogP contribution is -2.70. The van der Waals surface area contributed by atoms with Gasteiger partial charge in [-0.05, 0) is 18.8 Å². The summed E-state index contributed by atoms with van der Waals surface area (Å²) in [6.45, 7) is 8.24. The van der Waals surface area contributed by atoms with Crippen molar-refractivity contribution in [2.75, 3.05) is 0 Å². The van der Waals surface area contributed by atoms with E-state index in [0.717, 1.165) is 5.01 Å². The molecule has 0 aliphatic carbocycles. The molecule has 1 unspecified atom stereocenters. The molecule has 1 atom stereocenters. The highest BCUT2D eigenvalue weighted by Gasteiger charge is 2.50. The highest BCUT2D eigenvalue weighted by atomic mass is 32.1. The van der Waals surface area contributed by atoms with Crippen LogP contribution in [-0.4, -0.2) is 33.3 Å². The average Bonchev–Trinajstić information content (AvgIpc) is 2.96. The molecule has 6 heteroatoms. The monoisotopic (exact) mass is 309 g/mol. The molecule has 0 radical (unpaired) electrons. The maximum atomic E-state index is 12.9. The third-order valence-electron chi connectivity index (χ3n) is 4.37. The number of rotatable bonds is 5. The number of thiazole rings is 1. The number of hydrogen-bond donors (Lipinski definition) is 1. The van der Waals surface area contributed by atoms with E-state index in [4.69, 9.17) is 0 Å². The Morgan fingerprint density at radius 2 is 2.05 bits per heavy atom. The molecular weight excluding hydrogens is 286 g/mol. The van der Waals surface area contributed by atoms with Crippen molar-refractivity contribution in [1.82, 2.24) is 15.2 Å². The summed E-state index contributed by atoms with van der Waals surface area (Å²) in [5.74, 6) is 0.0396. The second kappa shape index (κ2) is 6.13. The highest BCUT2D eigenvalue weighted by molar-refractivity contribution is 7.09. The third-order valence-corrected chi connectivity index (χ3v) is 5.14. The van der Waals surface area contributed by atoms with Crippen LogP contribution in [0.2, 0.25) is 0 Å². The highest BCUT2D eigenvalue weighted by Crippen LogP contribution is 2.32. The predicted molar refractivity (Wildman–Crippen MR) is 82.7 cm³/mol. The van der Waals surface area contributed by atoms with Gasteiger partial charge in [0.05, 0.1) is 6.54 Å². The van der Waals surface area contributed by atoms with Gasteiger partial charge in [0.2, 0.25) is 11.8 Å². The molecule has 0 spiro atoms. The van der Waals surface area contributed by atoms with Gasteiger partial charge in [0.1, 0.15) is 16.6 Å². The van der Waals surface area contributed by atoms with Crippen molar-refractivity contribution in [2.45, 2.75) is 58.7 Å². The molecule has 116 valence electrons. The number of nitrogens with zero attached hydrogens (tertiary/aromatic N) is 2. The van der Waals surface area contributed by atoms with Gasteiger partial charge < -0.3 is 10.2 Å². The Labute approximate surface area is 129 Å². The molecule has 0 aromatic carbocycles. The quantitative estimate of drug-likeness (QED) is 0.907. The van der Waals surface area contributed by atoms with Crippen molar-refractivity contribution in [3.8, 4) is 0 Å². The van der Waals surface area contributed by atoms with E-state index >= 15 is 0 Å². The number of aromatic nitrogens is 1. The van der Waals surface area contributed by atoms with Gasteiger partial charge in [-0.3, -0.25) is 9.59 Å². The van der Waals surface area contributed by atoms with Crippen LogP contribution in [0.4, 0.5) is 0 Å². The van der Waals surface area contributed by atoms with E-state index in [9.17, 15) is 9.59 Å². The first-order valence-corrected chi connectivity index (χ1v) is 8.35. The lowest BCUT2D eigenvalue weighted by molar-refractivity contribution is -0.160. The van der Waals surface area contributed by atoms with E-state index in [2.05, 4.69) is 10.3 Å². The number of carbonyl (C=O) groups excluding carboxylic acids is 2. The molecule has 1 aromatic heterocycles. The van der Waals surface area contributed by atoms with Crippen LogP contribution in [0.1, 0.15) is 45.5 Å². The van der Waals surface area contributed by atoms with Crippen LogP contribution in [-0.2, 0) is 16.1 Å². The fraction of sp³-hybridized carbons (Fsp3) is 0.667. The minimum absolute atomic E-state index is 0.00324. The number of piperazine rings is 1. The Morgan fingerprint density at radius 3 is 2.52 bits per heavy atom. The first-order chi connectivity index (χ1) is 9.96. The van der Waals surface area contributed by atoms with Crippen LogP contribution in [0.25, 0.3) is 0 Å². The van der Waals surface area contributed by atoms with E-state index in [1.165, 1.54) is 11.3 Å². The van der Waals surface area contributed by atoms with Crippen LogP contribution < -0.4 is 5.32 Å². The summed E-state index contributed by atoms with van der Waals surface area (Å²) in [6.07, 6.45) is 2.95. The molecule has 0 saturated carbocycles. The van der Waals surface area contributed by atoms with Crippen molar-refractivity contribution < 1.29 is 9.59 Å². The molecule has 2 heterocycles. The molecule has 2 rings (SSSR count). The zero-order valence-corrected chi connectivity index (χ0v) is 13.9. The fourth-order valence-corrected chi connectivity index (χ4v) is 3.54. The minimum atomic E-state index is -0.756. The summed E-state index contributed by atoms with van der Waals surface area (Å²) in [4.78, 5) is 31.5. The third kappa shape index (κ3) is 2.69. The second-order valence-corrected chi connectivity index (χ2v) is 6.76. The van der Waals surface area contributed by atoms with E-state index in [0.29, 0.717) is 19.4 Å². The van der Waals surface area contributed by atoms with Gasteiger partial charge in [0.25, 0.3) is 0 Å². The smallest absolute Gasteiger partial charge is 0.246 e. The summed E-state index contributed by atoms with van der Waals surface area (Å²) < 4.78 is 0. The molecule has 1 aliphatic rings. The summed E-state index contributed by atoms with van der Waals surface area (Å²) >= 11 is 1.51. The van der Waals surface area contributed by atoms with Crippen molar-refractivity contribution in [1.29, 1.82) is 0 Å². The van der Waals surface area contributed by atoms with Gasteiger partial charge in [-0.15, -0.1) is 11.3 Å². The van der Waals surface area contributed by atoms with Crippen molar-refractivity contribution in [2.24, 2.45) is 5.92 Å². The van der Waals surface area contributed by atoms with E-state index < -0.39 is 11.6 Å². The van der Waals surface area contributed by atoms with Crippen molar-refractivity contribution in [3.63, 3.8) is 0 Å². The largest absolute Gasteiger partial charge is 0.342 e. The second-order valence-electron chi connectivity index (χ2n) is 5.78. The molecule has 1 fully saturated rings. The topological polar surface area (TPSA) is 62.3 Å². The van der Waals surface area contributed by atoms with Gasteiger partial charge in [0, 0.05) is 11.6 Å². The number of hydrogen-bond acceptors (Lipinski definition) is 4. The molecule has 1 N–H and O–H groups in total. The standard InChI is InChI=1S/C15H23N3O2S/c1-5-15(6-2)14(20)17-12(10(3)4)13(19)18(15)9-11-16-7-8-21-11/h7-8,10,12H,5-6,9H2,1-4H3,(H,17,20). The minimum Gasteiger partial charge on any atom is -0.342 e. The first-order valence-electron chi connectivity index (χ1n) is 7.47. The summed E-state index contributed by atoms with van der Waals surface area (Å²) in [5, 5.41) is 5.68. The molecule has 2 amide bonds. The summed E-state index contributed by atoms with van der Waals surface area (Å²) in [5.41, 5.74) is -0.756. The Morgan fingerprint density at radius 1 is 1.38 bits per heavy atom. The average molecular weight is 309 g/mol. The molecule has 5 nitrogen and oxygen atoms in total. The van der Waals surface area contributed by atoms with Gasteiger partial charge in [-0.25, -0.2) is 4.98 Å². The van der Waals surface area contributed by atoms with E-state index in [1.807, 2.05) is 33.1 Å². The van der Waals surface area contributed by atoms with Gasteiger partial charge >= 0.3 is 0 Å². The van der Waals surface area contributed by atoms with Gasteiger partial charge in [0.15, 0.2) is 0 Å². The molecular formula is C15H23N3O2S. The Hall–Kier alpha value is -1.43. The SMILES string of the molecule is CCC1(CC)C(=O)NC(C(C)C)C(=O)N1Cc1nccs1. The van der Waals surface area contributed by atoms with Gasteiger partial charge in [-0.1, -0.05) is 27.7 Å². The predicted octanol–water partition coefficient (Wildman–Crippen LogP) is 2.18. The van der Waals surface area contributed by atoms with Crippen LogP contribution in [0.15, 0.2) is 11.6 Å². The summed E-state index contributed by atoms with van der Waals surface area (Å²) in [7, 11) is 0. The maximum absolute atomic E-state index is 12.9. The lowest BCUT2D eigenvalue weighted by atomic mass is 9.84. The number of amides is 2. The fourth-order valence-electron chi connectivity index (χ4n) is 2.94. The molecule has 0 bridgehead atoms. The number of nitrogens with one attached hydrogen (secondary N) is 1. The summed E-state index contributed by atoms with van der Waals surface area (Å²) in [6, 6.07) is -0.441. The Balaban J connectivity index is 2.39. The molecule has 1 aromatic rings. The zero-order chi connectivity index (χ0) is 15.6. The van der Waals surface area contributed by atoms with E-state index in [-0.39, 0.29) is 17.7 Å². The maximum Gasteiger partial charge on any atom is 0.246 e. The van der Waals surface area contributed by atoms with Crippen molar-refractivity contribution >= 4 is 23.2 Å². The first kappa shape index (κ1) is 15.9. The van der Waals surface area contributed by atoms with Crippen LogP contribution in [0, 0.1) is 5.92 Å². The molecule has 21 heavy (non-hydrogen) atoms. The van der Waals surface area contributed by atoms with E-state index in [1.54, 1.807) is 11.1 Å². The lowest BCUT2D eigenvalue weighted by Gasteiger charge is -2.48. The Bertz CT molecular complexity index is 509. The molecule has 1 saturated heterocycles. The van der Waals surface area contributed by atoms with Crippen LogP contribution >= 0.6 is 11.3 Å². The molecule has 1 aliphatic heterocycles. The number of carbonyl (C=O) groups is 2.